The van der Waals surface area contributed by atoms with Gasteiger partial charge in [-0.1, -0.05) is 5.16 Å². The zero-order chi connectivity index (χ0) is 13.7. The van der Waals surface area contributed by atoms with E-state index >= 15 is 0 Å². The van der Waals surface area contributed by atoms with E-state index in [1.54, 1.807) is 18.2 Å². The number of nitrogens with zero attached hydrogens (tertiary/aromatic N) is 1. The predicted octanol–water partition coefficient (Wildman–Crippen LogP) is 1.69. The molecule has 0 saturated carbocycles. The van der Waals surface area contributed by atoms with Crippen LogP contribution in [0.15, 0.2) is 29.0 Å². The van der Waals surface area contributed by atoms with Crippen LogP contribution >= 0.6 is 0 Å². The monoisotopic (exact) mass is 264 g/mol. The summed E-state index contributed by atoms with van der Waals surface area (Å²) in [4.78, 5) is 0. The minimum Gasteiger partial charge on any atom is -0.502 e. The first-order chi connectivity index (χ1) is 9.24. The number of hydrogen-bond donors (Lipinski definition) is 2. The summed E-state index contributed by atoms with van der Waals surface area (Å²) < 4.78 is 14.9. The minimum absolute atomic E-state index is 0.00486. The number of phenols is 1. The van der Waals surface area contributed by atoms with Gasteiger partial charge in [0, 0.05) is 19.2 Å². The summed E-state index contributed by atoms with van der Waals surface area (Å²) in [6.07, 6.45) is 1.53. The first-order valence-electron chi connectivity index (χ1n) is 5.78. The highest BCUT2D eigenvalue weighted by atomic mass is 16.5. The van der Waals surface area contributed by atoms with E-state index in [4.69, 9.17) is 14.0 Å². The molecule has 0 fully saturated rings. The summed E-state index contributed by atoms with van der Waals surface area (Å²) in [7, 11) is 3.00. The molecule has 1 heterocycles. The SMILES string of the molecule is COc1cc(CNCc2ccon2)cc(OC)c1O. The van der Waals surface area contributed by atoms with Crippen molar-refractivity contribution in [1.29, 1.82) is 0 Å². The van der Waals surface area contributed by atoms with Crippen LogP contribution in [-0.4, -0.2) is 24.5 Å². The highest BCUT2D eigenvalue weighted by Crippen LogP contribution is 2.36. The zero-order valence-corrected chi connectivity index (χ0v) is 10.8. The van der Waals surface area contributed by atoms with Gasteiger partial charge >= 0.3 is 0 Å². The van der Waals surface area contributed by atoms with Crippen LogP contribution < -0.4 is 14.8 Å². The van der Waals surface area contributed by atoms with Crippen molar-refractivity contribution in [3.05, 3.63) is 35.7 Å². The fraction of sp³-hybridized carbons (Fsp3) is 0.308. The molecule has 2 aromatic rings. The first kappa shape index (κ1) is 13.2. The van der Waals surface area contributed by atoms with Crippen molar-refractivity contribution in [2.45, 2.75) is 13.1 Å². The highest BCUT2D eigenvalue weighted by molar-refractivity contribution is 5.52. The lowest BCUT2D eigenvalue weighted by Crippen LogP contribution is -2.13. The van der Waals surface area contributed by atoms with Gasteiger partial charge in [0.25, 0.3) is 0 Å². The molecule has 0 bridgehead atoms. The maximum Gasteiger partial charge on any atom is 0.200 e. The normalized spacial score (nSPS) is 10.4. The Kier molecular flexibility index (Phi) is 4.25. The molecular weight excluding hydrogens is 248 g/mol. The van der Waals surface area contributed by atoms with Crippen molar-refractivity contribution in [1.82, 2.24) is 10.5 Å². The molecule has 0 radical (unpaired) electrons. The summed E-state index contributed by atoms with van der Waals surface area (Å²) in [6, 6.07) is 5.31. The molecule has 1 aromatic carbocycles. The largest absolute Gasteiger partial charge is 0.502 e. The molecule has 19 heavy (non-hydrogen) atoms. The third kappa shape index (κ3) is 3.17. The van der Waals surface area contributed by atoms with E-state index in [0.29, 0.717) is 24.6 Å². The van der Waals surface area contributed by atoms with Crippen LogP contribution in [0.4, 0.5) is 0 Å². The van der Waals surface area contributed by atoms with Crippen molar-refractivity contribution in [2.75, 3.05) is 14.2 Å². The van der Waals surface area contributed by atoms with Gasteiger partial charge in [-0.15, -0.1) is 0 Å². The Morgan fingerprint density at radius 2 is 1.89 bits per heavy atom. The molecule has 6 nitrogen and oxygen atoms in total. The summed E-state index contributed by atoms with van der Waals surface area (Å²) in [5, 5.41) is 16.8. The minimum atomic E-state index is 0.00486. The van der Waals surface area contributed by atoms with Gasteiger partial charge in [0.2, 0.25) is 5.75 Å². The zero-order valence-electron chi connectivity index (χ0n) is 10.8. The van der Waals surface area contributed by atoms with Crippen LogP contribution in [0.1, 0.15) is 11.3 Å². The van der Waals surface area contributed by atoms with Gasteiger partial charge in [-0.05, 0) is 17.7 Å². The third-order valence-electron chi connectivity index (χ3n) is 2.67. The summed E-state index contributed by atoms with van der Waals surface area (Å²) in [6.45, 7) is 1.20. The second-order valence-electron chi connectivity index (χ2n) is 3.94. The molecule has 2 N–H and O–H groups in total. The Morgan fingerprint density at radius 3 is 2.42 bits per heavy atom. The van der Waals surface area contributed by atoms with Crippen LogP contribution in [0, 0.1) is 0 Å². The molecule has 0 spiro atoms. The van der Waals surface area contributed by atoms with Gasteiger partial charge in [-0.3, -0.25) is 0 Å². The Balaban J connectivity index is 2.03. The maximum absolute atomic E-state index is 9.80. The van der Waals surface area contributed by atoms with Gasteiger partial charge in [0.15, 0.2) is 11.5 Å². The van der Waals surface area contributed by atoms with Crippen molar-refractivity contribution < 1.29 is 19.1 Å². The number of phenolic OH excluding ortho intramolecular Hbond substituents is 1. The molecule has 1 aromatic heterocycles. The van der Waals surface area contributed by atoms with Crippen LogP contribution in [-0.2, 0) is 13.1 Å². The maximum atomic E-state index is 9.80. The summed E-state index contributed by atoms with van der Waals surface area (Å²) in [5.74, 6) is 0.778. The molecule has 102 valence electrons. The van der Waals surface area contributed by atoms with E-state index in [1.807, 2.05) is 0 Å². The molecule has 0 aliphatic carbocycles. The van der Waals surface area contributed by atoms with E-state index in [2.05, 4.69) is 10.5 Å². The molecule has 6 heteroatoms. The van der Waals surface area contributed by atoms with Crippen LogP contribution in [0.3, 0.4) is 0 Å². The van der Waals surface area contributed by atoms with E-state index in [0.717, 1.165) is 11.3 Å². The lowest BCUT2D eigenvalue weighted by atomic mass is 10.2. The lowest BCUT2D eigenvalue weighted by molar-refractivity contribution is 0.339. The van der Waals surface area contributed by atoms with Crippen molar-refractivity contribution in [3.63, 3.8) is 0 Å². The molecular formula is C13H16N2O4. The van der Waals surface area contributed by atoms with Gasteiger partial charge in [-0.25, -0.2) is 0 Å². The third-order valence-corrected chi connectivity index (χ3v) is 2.67. The Morgan fingerprint density at radius 1 is 1.21 bits per heavy atom. The number of methoxy groups -OCH3 is 2. The molecule has 2 rings (SSSR count). The highest BCUT2D eigenvalue weighted by Gasteiger charge is 2.10. The fourth-order valence-corrected chi connectivity index (χ4v) is 1.71. The van der Waals surface area contributed by atoms with Gasteiger partial charge in [0.05, 0.1) is 19.9 Å². The quantitative estimate of drug-likeness (QED) is 0.826. The summed E-state index contributed by atoms with van der Waals surface area (Å²) in [5.41, 5.74) is 1.77. The van der Waals surface area contributed by atoms with Crippen molar-refractivity contribution in [3.8, 4) is 17.2 Å². The first-order valence-corrected chi connectivity index (χ1v) is 5.78. The average molecular weight is 264 g/mol. The topological polar surface area (TPSA) is 76.8 Å². The van der Waals surface area contributed by atoms with Crippen molar-refractivity contribution in [2.24, 2.45) is 0 Å². The van der Waals surface area contributed by atoms with Gasteiger partial charge in [-0.2, -0.15) is 0 Å². The predicted molar refractivity (Wildman–Crippen MR) is 68.3 cm³/mol. The van der Waals surface area contributed by atoms with E-state index in [1.165, 1.54) is 20.5 Å². The number of ether oxygens (including phenoxy) is 2. The molecule has 0 amide bonds. The van der Waals surface area contributed by atoms with Crippen LogP contribution in [0.5, 0.6) is 17.2 Å². The smallest absolute Gasteiger partial charge is 0.200 e. The number of aromatic nitrogens is 1. The van der Waals surface area contributed by atoms with Crippen molar-refractivity contribution >= 4 is 0 Å². The Labute approximate surface area is 110 Å². The lowest BCUT2D eigenvalue weighted by Gasteiger charge is -2.11. The van der Waals surface area contributed by atoms with Gasteiger partial charge < -0.3 is 24.4 Å². The second kappa shape index (κ2) is 6.10. The Bertz CT molecular complexity index is 500. The molecule has 0 saturated heterocycles. The molecule has 0 aliphatic rings. The van der Waals surface area contributed by atoms with Crippen LogP contribution in [0.25, 0.3) is 0 Å². The number of benzene rings is 1. The number of nitrogens with one attached hydrogen (secondary N) is 1. The standard InChI is InChI=1S/C13H16N2O4/c1-17-11-5-9(6-12(18-2)13(11)16)7-14-8-10-3-4-19-15-10/h3-6,14,16H,7-8H2,1-2H3. The number of hydrogen-bond acceptors (Lipinski definition) is 6. The molecule has 0 atom stereocenters. The Hall–Kier alpha value is -2.21. The molecule has 0 unspecified atom stereocenters. The second-order valence-corrected chi connectivity index (χ2v) is 3.94. The molecule has 0 aliphatic heterocycles. The van der Waals surface area contributed by atoms with Gasteiger partial charge in [0.1, 0.15) is 6.26 Å². The van der Waals surface area contributed by atoms with E-state index < -0.39 is 0 Å². The van der Waals surface area contributed by atoms with Crippen LogP contribution in [0.2, 0.25) is 0 Å². The fourth-order valence-electron chi connectivity index (χ4n) is 1.71. The van der Waals surface area contributed by atoms with E-state index in [-0.39, 0.29) is 5.75 Å². The number of aromatic hydroxyl groups is 1. The number of rotatable bonds is 6. The summed E-state index contributed by atoms with van der Waals surface area (Å²) >= 11 is 0. The average Bonchev–Trinajstić information content (AvgIpc) is 2.93. The van der Waals surface area contributed by atoms with E-state index in [9.17, 15) is 5.11 Å².